The summed E-state index contributed by atoms with van der Waals surface area (Å²) in [7, 11) is -3.50. The van der Waals surface area contributed by atoms with Crippen LogP contribution in [0.1, 0.15) is 21.5 Å². The number of para-hydroxylation sites is 1. The van der Waals surface area contributed by atoms with Gasteiger partial charge in [0, 0.05) is 23.2 Å². The summed E-state index contributed by atoms with van der Waals surface area (Å²) in [6.07, 6.45) is 3.99. The molecule has 4 rings (SSSR count). The molecule has 0 fully saturated rings. The Kier molecular flexibility index (Phi) is 6.90. The van der Waals surface area contributed by atoms with Crippen LogP contribution in [-0.2, 0) is 16.4 Å². The Labute approximate surface area is 207 Å². The van der Waals surface area contributed by atoms with Crippen molar-refractivity contribution in [3.63, 3.8) is 0 Å². The van der Waals surface area contributed by atoms with Gasteiger partial charge in [0.05, 0.1) is 16.7 Å². The van der Waals surface area contributed by atoms with Gasteiger partial charge in [-0.2, -0.15) is 5.10 Å². The fourth-order valence-corrected chi connectivity index (χ4v) is 4.43. The third-order valence-electron chi connectivity index (χ3n) is 5.12. The van der Waals surface area contributed by atoms with Crippen LogP contribution in [0.2, 0.25) is 5.02 Å². The number of carbonyl (C=O) groups is 1. The summed E-state index contributed by atoms with van der Waals surface area (Å²) in [5.41, 5.74) is 2.64. The molecule has 0 spiro atoms. The van der Waals surface area contributed by atoms with Gasteiger partial charge < -0.3 is 10.1 Å². The summed E-state index contributed by atoms with van der Waals surface area (Å²) in [4.78, 5) is 12.8. The number of sulfone groups is 1. The molecule has 0 saturated carbocycles. The van der Waals surface area contributed by atoms with Crippen LogP contribution in [-0.4, -0.2) is 30.4 Å². The first-order chi connectivity index (χ1) is 16.6. The molecular formula is C25H21ClFN3O4S. The zero-order valence-corrected chi connectivity index (χ0v) is 20.4. The highest BCUT2D eigenvalue weighted by molar-refractivity contribution is 7.90. The Balaban J connectivity index is 1.57. The molecule has 0 aliphatic carbocycles. The van der Waals surface area contributed by atoms with Crippen LogP contribution in [0.15, 0.2) is 78.0 Å². The minimum atomic E-state index is -3.50. The van der Waals surface area contributed by atoms with Gasteiger partial charge in [-0.25, -0.2) is 17.5 Å². The van der Waals surface area contributed by atoms with Crippen LogP contribution in [0.5, 0.6) is 5.75 Å². The number of hydrogen-bond donors (Lipinski definition) is 1. The molecule has 10 heteroatoms. The van der Waals surface area contributed by atoms with Gasteiger partial charge in [0.15, 0.2) is 9.84 Å². The number of amides is 1. The second kappa shape index (κ2) is 9.89. The first kappa shape index (κ1) is 24.4. The predicted molar refractivity (Wildman–Crippen MR) is 132 cm³/mol. The molecular weight excluding hydrogens is 493 g/mol. The standard InChI is InChI=1S/C25H21ClFN3O4S/c1-16-5-3-8-23(34-15-17-6-4-7-20(27)9-17)24(16)30-14-18(13-28-30)25(31)29-21-10-19(26)11-22(12-21)35(2,32)33/h3-14H,15H2,1-2H3,(H,29,31). The quantitative estimate of drug-likeness (QED) is 0.366. The molecule has 0 unspecified atom stereocenters. The van der Waals surface area contributed by atoms with Gasteiger partial charge in [0.25, 0.3) is 5.91 Å². The maximum atomic E-state index is 13.5. The number of hydrogen-bond acceptors (Lipinski definition) is 5. The van der Waals surface area contributed by atoms with Crippen molar-refractivity contribution in [1.29, 1.82) is 0 Å². The fraction of sp³-hybridized carbons (Fsp3) is 0.120. The van der Waals surface area contributed by atoms with Crippen LogP contribution in [0.25, 0.3) is 5.69 Å². The summed E-state index contributed by atoms with van der Waals surface area (Å²) in [5, 5.41) is 7.14. The Hall–Kier alpha value is -3.69. The van der Waals surface area contributed by atoms with Crippen molar-refractivity contribution < 1.29 is 22.3 Å². The number of nitrogens with zero attached hydrogens (tertiary/aromatic N) is 2. The summed E-state index contributed by atoms with van der Waals surface area (Å²) in [6, 6.07) is 15.7. The molecule has 0 atom stereocenters. The monoisotopic (exact) mass is 513 g/mol. The number of ether oxygens (including phenoxy) is 1. The molecule has 0 saturated heterocycles. The molecule has 180 valence electrons. The maximum Gasteiger partial charge on any atom is 0.258 e. The van der Waals surface area contributed by atoms with Crippen LogP contribution in [0.3, 0.4) is 0 Å². The average molecular weight is 514 g/mol. The van der Waals surface area contributed by atoms with E-state index < -0.39 is 15.7 Å². The topological polar surface area (TPSA) is 90.3 Å². The van der Waals surface area contributed by atoms with Crippen molar-refractivity contribution >= 4 is 33.0 Å². The van der Waals surface area contributed by atoms with Crippen molar-refractivity contribution in [2.75, 3.05) is 11.6 Å². The van der Waals surface area contributed by atoms with Gasteiger partial charge in [0.1, 0.15) is 23.9 Å². The lowest BCUT2D eigenvalue weighted by molar-refractivity contribution is 0.102. The molecule has 7 nitrogen and oxygen atoms in total. The lowest BCUT2D eigenvalue weighted by Crippen LogP contribution is -2.12. The minimum Gasteiger partial charge on any atom is -0.487 e. The second-order valence-corrected chi connectivity index (χ2v) is 10.4. The predicted octanol–water partition coefficient (Wildman–Crippen LogP) is 5.21. The number of carbonyl (C=O) groups excluding carboxylic acids is 1. The third kappa shape index (κ3) is 5.87. The lowest BCUT2D eigenvalue weighted by atomic mass is 10.2. The molecule has 35 heavy (non-hydrogen) atoms. The van der Waals surface area contributed by atoms with Crippen LogP contribution < -0.4 is 10.1 Å². The Morgan fingerprint density at radius 3 is 2.66 bits per heavy atom. The first-order valence-electron chi connectivity index (χ1n) is 10.4. The van der Waals surface area contributed by atoms with Crippen molar-refractivity contribution in [2.45, 2.75) is 18.4 Å². The Morgan fingerprint density at radius 1 is 1.14 bits per heavy atom. The van der Waals surface area contributed by atoms with Gasteiger partial charge >= 0.3 is 0 Å². The van der Waals surface area contributed by atoms with Crippen molar-refractivity contribution in [3.8, 4) is 11.4 Å². The summed E-state index contributed by atoms with van der Waals surface area (Å²) in [5.74, 6) is -0.326. The van der Waals surface area contributed by atoms with E-state index in [1.165, 1.54) is 47.4 Å². The largest absolute Gasteiger partial charge is 0.487 e. The zero-order chi connectivity index (χ0) is 25.2. The average Bonchev–Trinajstić information content (AvgIpc) is 3.27. The number of benzene rings is 3. The third-order valence-corrected chi connectivity index (χ3v) is 6.43. The summed E-state index contributed by atoms with van der Waals surface area (Å²) >= 11 is 6.02. The van der Waals surface area contributed by atoms with Gasteiger partial charge in [-0.15, -0.1) is 0 Å². The van der Waals surface area contributed by atoms with Gasteiger partial charge in [-0.3, -0.25) is 4.79 Å². The SMILES string of the molecule is Cc1cccc(OCc2cccc(F)c2)c1-n1cc(C(=O)Nc2cc(Cl)cc(S(C)(=O)=O)c2)cn1. The number of aromatic nitrogens is 2. The van der Waals surface area contributed by atoms with Crippen LogP contribution in [0.4, 0.5) is 10.1 Å². The first-order valence-corrected chi connectivity index (χ1v) is 12.7. The highest BCUT2D eigenvalue weighted by Gasteiger charge is 2.16. The summed E-state index contributed by atoms with van der Waals surface area (Å²) in [6.45, 7) is 2.03. The fourth-order valence-electron chi connectivity index (χ4n) is 3.44. The zero-order valence-electron chi connectivity index (χ0n) is 18.8. The molecule has 0 aliphatic rings. The molecule has 0 radical (unpaired) electrons. The van der Waals surface area contributed by atoms with E-state index in [9.17, 15) is 17.6 Å². The van der Waals surface area contributed by atoms with E-state index in [-0.39, 0.29) is 33.6 Å². The number of rotatable bonds is 7. The van der Waals surface area contributed by atoms with E-state index in [0.29, 0.717) is 17.0 Å². The lowest BCUT2D eigenvalue weighted by Gasteiger charge is -2.14. The van der Waals surface area contributed by atoms with Crippen molar-refractivity contribution in [2.24, 2.45) is 0 Å². The normalized spacial score (nSPS) is 11.3. The Morgan fingerprint density at radius 2 is 1.91 bits per heavy atom. The van der Waals surface area contributed by atoms with E-state index >= 15 is 0 Å². The smallest absolute Gasteiger partial charge is 0.258 e. The van der Waals surface area contributed by atoms with Gasteiger partial charge in [-0.1, -0.05) is 35.9 Å². The van der Waals surface area contributed by atoms with E-state index in [2.05, 4.69) is 10.4 Å². The number of anilines is 1. The molecule has 0 aliphatic heterocycles. The number of halogens is 2. The molecule has 3 aromatic carbocycles. The molecule has 1 heterocycles. The minimum absolute atomic E-state index is 0.00371. The Bertz CT molecular complexity index is 1520. The second-order valence-electron chi connectivity index (χ2n) is 7.92. The van der Waals surface area contributed by atoms with Gasteiger partial charge in [-0.05, 0) is 54.4 Å². The highest BCUT2D eigenvalue weighted by atomic mass is 35.5. The van der Waals surface area contributed by atoms with E-state index in [1.807, 2.05) is 19.1 Å². The highest BCUT2D eigenvalue weighted by Crippen LogP contribution is 2.28. The van der Waals surface area contributed by atoms with E-state index in [4.69, 9.17) is 16.3 Å². The molecule has 4 aromatic rings. The van der Waals surface area contributed by atoms with Crippen molar-refractivity contribution in [1.82, 2.24) is 9.78 Å². The molecule has 1 amide bonds. The van der Waals surface area contributed by atoms with Crippen molar-refractivity contribution in [3.05, 3.63) is 101 Å². The number of nitrogens with one attached hydrogen (secondary N) is 1. The van der Waals surface area contributed by atoms with E-state index in [0.717, 1.165) is 11.8 Å². The van der Waals surface area contributed by atoms with E-state index in [1.54, 1.807) is 18.2 Å². The molecule has 0 bridgehead atoms. The maximum absolute atomic E-state index is 13.5. The number of aryl methyl sites for hydroxylation is 1. The summed E-state index contributed by atoms with van der Waals surface area (Å²) < 4.78 is 44.7. The molecule has 1 N–H and O–H groups in total. The molecule has 1 aromatic heterocycles. The van der Waals surface area contributed by atoms with Crippen LogP contribution >= 0.6 is 11.6 Å². The van der Waals surface area contributed by atoms with Gasteiger partial charge in [0.2, 0.25) is 0 Å². The van der Waals surface area contributed by atoms with Crippen LogP contribution in [0, 0.1) is 12.7 Å².